The van der Waals surface area contributed by atoms with Gasteiger partial charge in [0, 0.05) is 12.3 Å². The molecule has 15 heavy (non-hydrogen) atoms. The zero-order valence-electron chi connectivity index (χ0n) is 7.28. The van der Waals surface area contributed by atoms with Gasteiger partial charge in [0.15, 0.2) is 5.69 Å². The van der Waals surface area contributed by atoms with E-state index < -0.39 is 0 Å². The second-order valence-electron chi connectivity index (χ2n) is 2.70. The van der Waals surface area contributed by atoms with Crippen molar-refractivity contribution < 1.29 is 9.32 Å². The maximum absolute atomic E-state index is 11.7. The molecule has 0 aliphatic carbocycles. The maximum atomic E-state index is 11.7. The van der Waals surface area contributed by atoms with E-state index in [2.05, 4.69) is 14.7 Å². The molecule has 4 nitrogen and oxygen atoms in total. The highest BCUT2D eigenvalue weighted by atomic mass is 35.5. The molecule has 0 aliphatic heterocycles. The van der Waals surface area contributed by atoms with Gasteiger partial charge in [-0.2, -0.15) is 0 Å². The molecular weight excluding hydrogens is 239 g/mol. The normalized spacial score (nSPS) is 10.3. The van der Waals surface area contributed by atoms with Gasteiger partial charge in [0.25, 0.3) is 0 Å². The first-order valence-corrected chi connectivity index (χ1v) is 4.70. The Bertz CT molecular complexity index is 497. The van der Waals surface area contributed by atoms with Gasteiger partial charge in [-0.05, 0) is 6.07 Å². The fourth-order valence-corrected chi connectivity index (χ4v) is 1.49. The van der Waals surface area contributed by atoms with E-state index in [1.165, 1.54) is 24.6 Å². The van der Waals surface area contributed by atoms with Crippen LogP contribution in [-0.4, -0.2) is 15.9 Å². The molecule has 0 amide bonds. The number of hydrogen-bond acceptors (Lipinski definition) is 4. The van der Waals surface area contributed by atoms with E-state index in [-0.39, 0.29) is 27.2 Å². The second kappa shape index (κ2) is 4.00. The van der Waals surface area contributed by atoms with Crippen LogP contribution in [-0.2, 0) is 0 Å². The van der Waals surface area contributed by atoms with Crippen LogP contribution in [0.15, 0.2) is 29.1 Å². The van der Waals surface area contributed by atoms with Gasteiger partial charge in [-0.25, -0.2) is 4.98 Å². The lowest BCUT2D eigenvalue weighted by Gasteiger charge is -1.99. The highest BCUT2D eigenvalue weighted by molar-refractivity contribution is 6.36. The first-order chi connectivity index (χ1) is 7.18. The third kappa shape index (κ3) is 2.00. The Kier molecular flexibility index (Phi) is 2.70. The highest BCUT2D eigenvalue weighted by Crippen LogP contribution is 2.20. The molecular formula is C9H4Cl2N2O2. The number of nitrogens with zero attached hydrogens (tertiary/aromatic N) is 2. The quantitative estimate of drug-likeness (QED) is 0.600. The molecule has 2 aromatic heterocycles. The summed E-state index contributed by atoms with van der Waals surface area (Å²) in [6.07, 6.45) is 2.62. The van der Waals surface area contributed by atoms with E-state index in [0.717, 1.165) is 0 Å². The molecule has 2 aromatic rings. The van der Waals surface area contributed by atoms with Crippen LogP contribution < -0.4 is 0 Å². The first kappa shape index (κ1) is 10.1. The molecule has 0 spiro atoms. The Labute approximate surface area is 94.8 Å². The van der Waals surface area contributed by atoms with Gasteiger partial charge < -0.3 is 4.52 Å². The molecule has 2 heterocycles. The average Bonchev–Trinajstić information content (AvgIpc) is 2.69. The van der Waals surface area contributed by atoms with Gasteiger partial charge in [0.05, 0.1) is 10.6 Å². The van der Waals surface area contributed by atoms with Crippen LogP contribution >= 0.6 is 23.2 Å². The Hall–Kier alpha value is -1.39. The lowest BCUT2D eigenvalue weighted by atomic mass is 10.1. The minimum atomic E-state index is -0.349. The Morgan fingerprint density at radius 3 is 2.80 bits per heavy atom. The zero-order valence-corrected chi connectivity index (χ0v) is 8.79. The van der Waals surface area contributed by atoms with Crippen molar-refractivity contribution in [2.24, 2.45) is 0 Å². The minimum absolute atomic E-state index is 0.182. The Morgan fingerprint density at radius 1 is 1.40 bits per heavy atom. The largest absolute Gasteiger partial charge is 0.364 e. The third-order valence-corrected chi connectivity index (χ3v) is 2.25. The molecule has 0 saturated heterocycles. The summed E-state index contributed by atoms with van der Waals surface area (Å²) in [7, 11) is 0. The molecule has 0 radical (unpaired) electrons. The van der Waals surface area contributed by atoms with E-state index in [4.69, 9.17) is 23.2 Å². The van der Waals surface area contributed by atoms with Gasteiger partial charge >= 0.3 is 0 Å². The molecule has 6 heteroatoms. The summed E-state index contributed by atoms with van der Waals surface area (Å²) in [5.41, 5.74) is 0.427. The number of halogens is 2. The van der Waals surface area contributed by atoms with Crippen LogP contribution in [0.25, 0.3) is 0 Å². The van der Waals surface area contributed by atoms with Crippen molar-refractivity contribution in [3.05, 3.63) is 46.0 Å². The summed E-state index contributed by atoms with van der Waals surface area (Å²) in [4.78, 5) is 15.5. The average molecular weight is 243 g/mol. The molecule has 0 unspecified atom stereocenters. The van der Waals surface area contributed by atoms with Crippen LogP contribution in [0, 0.1) is 0 Å². The van der Waals surface area contributed by atoms with Gasteiger partial charge in [-0.3, -0.25) is 4.79 Å². The summed E-state index contributed by atoms with van der Waals surface area (Å²) in [6, 6.07) is 2.85. The van der Waals surface area contributed by atoms with Crippen LogP contribution in [0.5, 0.6) is 0 Å². The molecule has 0 saturated carbocycles. The van der Waals surface area contributed by atoms with Crippen molar-refractivity contribution in [3.8, 4) is 0 Å². The summed E-state index contributed by atoms with van der Waals surface area (Å²) in [5.74, 6) is -0.349. The number of rotatable bonds is 2. The van der Waals surface area contributed by atoms with E-state index in [1.807, 2.05) is 0 Å². The number of hydrogen-bond donors (Lipinski definition) is 0. The summed E-state index contributed by atoms with van der Waals surface area (Å²) in [6.45, 7) is 0. The predicted molar refractivity (Wildman–Crippen MR) is 54.2 cm³/mol. The minimum Gasteiger partial charge on any atom is -0.364 e. The smallest absolute Gasteiger partial charge is 0.217 e. The van der Waals surface area contributed by atoms with Crippen LogP contribution in [0.3, 0.4) is 0 Å². The topological polar surface area (TPSA) is 56.0 Å². The van der Waals surface area contributed by atoms with Crippen LogP contribution in [0.2, 0.25) is 10.2 Å². The van der Waals surface area contributed by atoms with Crippen molar-refractivity contribution in [2.75, 3.05) is 0 Å². The number of carbonyl (C=O) groups is 1. The number of pyridine rings is 1. The Balaban J connectivity index is 2.42. The fourth-order valence-electron chi connectivity index (χ4n) is 1.04. The molecule has 0 atom stereocenters. The SMILES string of the molecule is O=C(c1ccon1)c1cnc(Cl)cc1Cl. The molecule has 2 rings (SSSR count). The van der Waals surface area contributed by atoms with E-state index >= 15 is 0 Å². The van der Waals surface area contributed by atoms with E-state index in [9.17, 15) is 4.79 Å². The van der Waals surface area contributed by atoms with Crippen molar-refractivity contribution in [3.63, 3.8) is 0 Å². The molecule has 76 valence electrons. The van der Waals surface area contributed by atoms with Crippen LogP contribution in [0.4, 0.5) is 0 Å². The van der Waals surface area contributed by atoms with E-state index in [1.54, 1.807) is 0 Å². The fraction of sp³-hybridized carbons (Fsp3) is 0. The standard InChI is InChI=1S/C9H4Cl2N2O2/c10-6-3-8(11)12-4-5(6)9(14)7-1-2-15-13-7/h1-4H. The molecule has 0 aromatic carbocycles. The van der Waals surface area contributed by atoms with Gasteiger partial charge in [0.2, 0.25) is 5.78 Å². The lowest BCUT2D eigenvalue weighted by Crippen LogP contribution is -2.03. The van der Waals surface area contributed by atoms with Gasteiger partial charge in [-0.15, -0.1) is 0 Å². The van der Waals surface area contributed by atoms with Crippen LogP contribution in [0.1, 0.15) is 16.1 Å². The van der Waals surface area contributed by atoms with E-state index in [0.29, 0.717) is 0 Å². The summed E-state index contributed by atoms with van der Waals surface area (Å²) >= 11 is 11.4. The van der Waals surface area contributed by atoms with Crippen molar-refractivity contribution in [1.82, 2.24) is 10.1 Å². The lowest BCUT2D eigenvalue weighted by molar-refractivity contribution is 0.103. The predicted octanol–water partition coefficient (Wildman–Crippen LogP) is 2.61. The van der Waals surface area contributed by atoms with Gasteiger partial charge in [0.1, 0.15) is 11.4 Å². The van der Waals surface area contributed by atoms with Crippen molar-refractivity contribution in [1.29, 1.82) is 0 Å². The van der Waals surface area contributed by atoms with Crippen molar-refractivity contribution >= 4 is 29.0 Å². The Morgan fingerprint density at radius 2 is 2.20 bits per heavy atom. The third-order valence-electron chi connectivity index (χ3n) is 1.74. The van der Waals surface area contributed by atoms with Gasteiger partial charge in [-0.1, -0.05) is 28.4 Å². The molecule has 0 fully saturated rings. The molecule has 0 N–H and O–H groups in total. The molecule has 0 aliphatic rings. The number of carbonyl (C=O) groups excluding carboxylic acids is 1. The second-order valence-corrected chi connectivity index (χ2v) is 3.50. The molecule has 0 bridgehead atoms. The van der Waals surface area contributed by atoms with Crippen molar-refractivity contribution in [2.45, 2.75) is 0 Å². The maximum Gasteiger partial charge on any atom is 0.217 e. The monoisotopic (exact) mass is 242 g/mol. The first-order valence-electron chi connectivity index (χ1n) is 3.94. The number of ketones is 1. The summed E-state index contributed by atoms with van der Waals surface area (Å²) in [5, 5.41) is 3.98. The summed E-state index contributed by atoms with van der Waals surface area (Å²) < 4.78 is 4.56. The number of aromatic nitrogens is 2. The highest BCUT2D eigenvalue weighted by Gasteiger charge is 2.16. The zero-order chi connectivity index (χ0) is 10.8.